The Bertz CT molecular complexity index is 886. The molecule has 1 amide bonds. The lowest BCUT2D eigenvalue weighted by atomic mass is 10.3. The largest absolute Gasteiger partial charge is 0.455 e. The quantitative estimate of drug-likeness (QED) is 0.710. The number of nitrogens with zero attached hydrogens (tertiary/aromatic N) is 1. The molecule has 0 atom stereocenters. The first-order chi connectivity index (χ1) is 12.9. The summed E-state index contributed by atoms with van der Waals surface area (Å²) in [7, 11) is -3.48. The standard InChI is InChI=1S/C18H20N2O5S2/c21-17(13-25-18(22)12-15-4-3-11-26-15)19-14-5-7-16(8-6-14)27(23,24)20-9-1-2-10-20/h3-8,11H,1-2,9-10,12-13H2,(H,19,21). The molecule has 144 valence electrons. The van der Waals surface area contributed by atoms with Crippen molar-refractivity contribution >= 4 is 38.9 Å². The predicted molar refractivity (Wildman–Crippen MR) is 102 cm³/mol. The van der Waals surface area contributed by atoms with Gasteiger partial charge in [0, 0.05) is 23.7 Å². The Morgan fingerprint density at radius 2 is 1.81 bits per heavy atom. The van der Waals surface area contributed by atoms with Crippen molar-refractivity contribution in [2.75, 3.05) is 25.0 Å². The number of amides is 1. The fourth-order valence-electron chi connectivity index (χ4n) is 2.74. The minimum Gasteiger partial charge on any atom is -0.455 e. The second-order valence-corrected chi connectivity index (χ2v) is 9.07. The molecule has 9 heteroatoms. The minimum atomic E-state index is -3.48. The summed E-state index contributed by atoms with van der Waals surface area (Å²) in [4.78, 5) is 24.6. The van der Waals surface area contributed by atoms with E-state index in [1.807, 2.05) is 17.5 Å². The summed E-state index contributed by atoms with van der Waals surface area (Å²) in [6, 6.07) is 9.64. The summed E-state index contributed by atoms with van der Waals surface area (Å²) in [5.74, 6) is -0.954. The van der Waals surface area contributed by atoms with Crippen molar-refractivity contribution in [2.24, 2.45) is 0 Å². The number of carbonyl (C=O) groups excluding carboxylic acids is 2. The number of hydrogen-bond donors (Lipinski definition) is 1. The Labute approximate surface area is 162 Å². The van der Waals surface area contributed by atoms with E-state index in [9.17, 15) is 18.0 Å². The Kier molecular flexibility index (Phi) is 6.25. The number of nitrogens with one attached hydrogen (secondary N) is 1. The van der Waals surface area contributed by atoms with Gasteiger partial charge in [-0.25, -0.2) is 8.42 Å². The lowest BCUT2D eigenvalue weighted by Crippen LogP contribution is -2.27. The van der Waals surface area contributed by atoms with Gasteiger partial charge >= 0.3 is 5.97 Å². The van der Waals surface area contributed by atoms with E-state index in [4.69, 9.17) is 4.74 Å². The van der Waals surface area contributed by atoms with Crippen LogP contribution in [-0.4, -0.2) is 44.3 Å². The molecule has 2 aromatic rings. The Morgan fingerprint density at radius 3 is 2.44 bits per heavy atom. The van der Waals surface area contributed by atoms with Gasteiger partial charge in [-0.15, -0.1) is 11.3 Å². The molecule has 3 rings (SSSR count). The monoisotopic (exact) mass is 408 g/mol. The number of rotatable bonds is 7. The van der Waals surface area contributed by atoms with Crippen LogP contribution in [0.25, 0.3) is 0 Å². The van der Waals surface area contributed by atoms with Crippen LogP contribution in [0.5, 0.6) is 0 Å². The maximum absolute atomic E-state index is 12.5. The summed E-state index contributed by atoms with van der Waals surface area (Å²) < 4.78 is 31.3. The second kappa shape index (κ2) is 8.64. The molecule has 7 nitrogen and oxygen atoms in total. The van der Waals surface area contributed by atoms with E-state index in [1.165, 1.54) is 39.9 Å². The van der Waals surface area contributed by atoms with Gasteiger partial charge in [-0.05, 0) is 48.6 Å². The summed E-state index contributed by atoms with van der Waals surface area (Å²) in [6.07, 6.45) is 1.88. The van der Waals surface area contributed by atoms with E-state index in [0.29, 0.717) is 18.8 Å². The number of carbonyl (C=O) groups is 2. The molecule has 1 aromatic heterocycles. The normalized spacial score (nSPS) is 14.8. The average Bonchev–Trinajstić information content (AvgIpc) is 3.34. The number of esters is 1. The Morgan fingerprint density at radius 1 is 1.11 bits per heavy atom. The fraction of sp³-hybridized carbons (Fsp3) is 0.333. The lowest BCUT2D eigenvalue weighted by molar-refractivity contribution is -0.146. The molecule has 1 aromatic carbocycles. The van der Waals surface area contributed by atoms with Crippen molar-refractivity contribution in [3.05, 3.63) is 46.7 Å². The van der Waals surface area contributed by atoms with E-state index in [2.05, 4.69) is 5.32 Å². The molecule has 27 heavy (non-hydrogen) atoms. The number of sulfonamides is 1. The van der Waals surface area contributed by atoms with Gasteiger partial charge in [0.25, 0.3) is 5.91 Å². The van der Waals surface area contributed by atoms with Crippen LogP contribution in [-0.2, 0) is 30.8 Å². The zero-order valence-corrected chi connectivity index (χ0v) is 16.2. The molecular weight excluding hydrogens is 388 g/mol. The van der Waals surface area contributed by atoms with Crippen LogP contribution in [0.3, 0.4) is 0 Å². The van der Waals surface area contributed by atoms with Gasteiger partial charge < -0.3 is 10.1 Å². The molecule has 1 N–H and O–H groups in total. The van der Waals surface area contributed by atoms with Gasteiger partial charge in [0.1, 0.15) is 0 Å². The molecule has 0 radical (unpaired) electrons. The lowest BCUT2D eigenvalue weighted by Gasteiger charge is -2.15. The third kappa shape index (κ3) is 5.15. The molecule has 1 aliphatic heterocycles. The highest BCUT2D eigenvalue weighted by molar-refractivity contribution is 7.89. The predicted octanol–water partition coefficient (Wildman–Crippen LogP) is 2.26. The van der Waals surface area contributed by atoms with Crippen LogP contribution in [0.2, 0.25) is 0 Å². The molecule has 1 saturated heterocycles. The highest BCUT2D eigenvalue weighted by Crippen LogP contribution is 2.22. The Hall–Kier alpha value is -2.23. The molecule has 0 unspecified atom stereocenters. The third-order valence-corrected chi connectivity index (χ3v) is 6.89. The van der Waals surface area contributed by atoms with E-state index >= 15 is 0 Å². The minimum absolute atomic E-state index is 0.133. The van der Waals surface area contributed by atoms with Gasteiger partial charge in [0.05, 0.1) is 11.3 Å². The molecule has 0 aliphatic carbocycles. The van der Waals surface area contributed by atoms with Crippen LogP contribution >= 0.6 is 11.3 Å². The van der Waals surface area contributed by atoms with Crippen LogP contribution < -0.4 is 5.32 Å². The van der Waals surface area contributed by atoms with Crippen molar-refractivity contribution in [3.63, 3.8) is 0 Å². The third-order valence-electron chi connectivity index (χ3n) is 4.10. The van der Waals surface area contributed by atoms with Gasteiger partial charge in [0.15, 0.2) is 6.61 Å². The van der Waals surface area contributed by atoms with Crippen molar-refractivity contribution in [2.45, 2.75) is 24.2 Å². The summed E-state index contributed by atoms with van der Waals surface area (Å²) >= 11 is 1.45. The zero-order valence-electron chi connectivity index (χ0n) is 14.6. The highest BCUT2D eigenvalue weighted by atomic mass is 32.2. The SMILES string of the molecule is O=C(COC(=O)Cc1cccs1)Nc1ccc(S(=O)(=O)N2CCCC2)cc1. The van der Waals surface area contributed by atoms with Gasteiger partial charge in [-0.3, -0.25) is 9.59 Å². The van der Waals surface area contributed by atoms with Gasteiger partial charge in [0.2, 0.25) is 10.0 Å². The maximum atomic E-state index is 12.5. The van der Waals surface area contributed by atoms with Gasteiger partial charge in [-0.1, -0.05) is 6.07 Å². The molecule has 0 saturated carbocycles. The number of thiophene rings is 1. The van der Waals surface area contributed by atoms with Crippen molar-refractivity contribution in [3.8, 4) is 0 Å². The van der Waals surface area contributed by atoms with E-state index < -0.39 is 28.5 Å². The fourth-order valence-corrected chi connectivity index (χ4v) is 4.94. The smallest absolute Gasteiger partial charge is 0.311 e. The molecular formula is C18H20N2O5S2. The Balaban J connectivity index is 1.50. The van der Waals surface area contributed by atoms with E-state index in [0.717, 1.165) is 17.7 Å². The first-order valence-electron chi connectivity index (χ1n) is 8.53. The molecule has 1 fully saturated rings. The number of hydrogen-bond acceptors (Lipinski definition) is 6. The number of benzene rings is 1. The first kappa shape index (κ1) is 19.5. The number of ether oxygens (including phenoxy) is 1. The highest BCUT2D eigenvalue weighted by Gasteiger charge is 2.26. The number of anilines is 1. The zero-order chi connectivity index (χ0) is 19.3. The summed E-state index contributed by atoms with van der Waals surface area (Å²) in [5, 5.41) is 4.45. The average molecular weight is 409 g/mol. The summed E-state index contributed by atoms with van der Waals surface area (Å²) in [5.41, 5.74) is 0.440. The van der Waals surface area contributed by atoms with Crippen molar-refractivity contribution in [1.82, 2.24) is 4.31 Å². The van der Waals surface area contributed by atoms with E-state index in [-0.39, 0.29) is 11.3 Å². The summed E-state index contributed by atoms with van der Waals surface area (Å²) in [6.45, 7) is 0.688. The molecule has 1 aliphatic rings. The molecule has 0 spiro atoms. The topological polar surface area (TPSA) is 92.8 Å². The van der Waals surface area contributed by atoms with Crippen LogP contribution in [0.4, 0.5) is 5.69 Å². The van der Waals surface area contributed by atoms with E-state index in [1.54, 1.807) is 0 Å². The van der Waals surface area contributed by atoms with Crippen LogP contribution in [0.15, 0.2) is 46.7 Å². The molecule has 2 heterocycles. The van der Waals surface area contributed by atoms with Crippen molar-refractivity contribution < 1.29 is 22.7 Å². The van der Waals surface area contributed by atoms with Crippen LogP contribution in [0, 0.1) is 0 Å². The molecule has 0 bridgehead atoms. The second-order valence-electron chi connectivity index (χ2n) is 6.10. The first-order valence-corrected chi connectivity index (χ1v) is 10.9. The maximum Gasteiger partial charge on any atom is 0.311 e. The van der Waals surface area contributed by atoms with Crippen molar-refractivity contribution in [1.29, 1.82) is 0 Å². The van der Waals surface area contributed by atoms with Gasteiger partial charge in [-0.2, -0.15) is 4.31 Å². The van der Waals surface area contributed by atoms with Crippen LogP contribution in [0.1, 0.15) is 17.7 Å².